The molecule has 1 atom stereocenters. The van der Waals surface area contributed by atoms with E-state index in [1.165, 1.54) is 34.7 Å². The molecule has 0 aliphatic carbocycles. The number of non-ortho nitro benzene ring substituents is 1. The third kappa shape index (κ3) is 6.63. The summed E-state index contributed by atoms with van der Waals surface area (Å²) in [5, 5.41) is 23.0. The van der Waals surface area contributed by atoms with Crippen LogP contribution in [0.15, 0.2) is 79.0 Å². The molecule has 1 unspecified atom stereocenters. The fraction of sp³-hybridized carbons (Fsp3) is 0.323. The number of alkyl halides is 3. The number of aliphatic hydroxyl groups is 1. The Labute approximate surface area is 250 Å². The SMILES string of the molecule is CC(=O)OOc1ccccc1OC1CCN(CC(O)(c2cn(Cc3ccccc3)c3cc([N+](=O)[O-])ccc23)C(F)(F)F)CC1. The van der Waals surface area contributed by atoms with Gasteiger partial charge in [-0.25, -0.2) is 4.79 Å². The molecule has 1 aromatic heterocycles. The molecule has 5 rings (SSSR count). The lowest BCUT2D eigenvalue weighted by Gasteiger charge is -2.39. The summed E-state index contributed by atoms with van der Waals surface area (Å²) in [7, 11) is 0. The van der Waals surface area contributed by atoms with Gasteiger partial charge in [0, 0.05) is 62.4 Å². The molecule has 4 aromatic rings. The van der Waals surface area contributed by atoms with Crippen LogP contribution in [0.2, 0.25) is 0 Å². The molecule has 1 aliphatic heterocycles. The molecular formula is C31H30F3N3O7. The summed E-state index contributed by atoms with van der Waals surface area (Å²) in [6, 6.07) is 19.2. The number of benzene rings is 3. The van der Waals surface area contributed by atoms with Crippen molar-refractivity contribution < 1.29 is 42.5 Å². The van der Waals surface area contributed by atoms with Gasteiger partial charge < -0.3 is 14.4 Å². The molecule has 3 aromatic carbocycles. The number of nitro groups is 1. The van der Waals surface area contributed by atoms with Crippen molar-refractivity contribution >= 4 is 22.6 Å². The number of β-amino-alcohol motifs (C(OH)–C–C–N with tert-alkyl or cyclic N) is 1. The van der Waals surface area contributed by atoms with Gasteiger partial charge in [-0.15, -0.1) is 0 Å². The first-order valence-corrected chi connectivity index (χ1v) is 13.9. The van der Waals surface area contributed by atoms with Crippen LogP contribution >= 0.6 is 0 Å². The molecule has 2 heterocycles. The van der Waals surface area contributed by atoms with E-state index in [4.69, 9.17) is 9.62 Å². The second kappa shape index (κ2) is 12.5. The summed E-state index contributed by atoms with van der Waals surface area (Å²) >= 11 is 0. The number of para-hydroxylation sites is 2. The van der Waals surface area contributed by atoms with Gasteiger partial charge >= 0.3 is 12.1 Å². The lowest BCUT2D eigenvalue weighted by atomic mass is 9.91. The van der Waals surface area contributed by atoms with Crippen molar-refractivity contribution in [1.29, 1.82) is 0 Å². The second-order valence-electron chi connectivity index (χ2n) is 10.7. The number of aromatic nitrogens is 1. The Balaban J connectivity index is 1.38. The van der Waals surface area contributed by atoms with Crippen molar-refractivity contribution in [2.45, 2.75) is 44.2 Å². The summed E-state index contributed by atoms with van der Waals surface area (Å²) in [5.74, 6) is -0.144. The van der Waals surface area contributed by atoms with Crippen LogP contribution in [0.5, 0.6) is 11.5 Å². The van der Waals surface area contributed by atoms with Crippen LogP contribution in [0.4, 0.5) is 18.9 Å². The third-order valence-electron chi connectivity index (χ3n) is 7.57. The smallest absolute Gasteiger partial charge is 0.422 e. The number of nitro benzene ring substituents is 1. The van der Waals surface area contributed by atoms with Crippen LogP contribution in [0, 0.1) is 10.1 Å². The molecule has 1 saturated heterocycles. The Morgan fingerprint density at radius 2 is 1.68 bits per heavy atom. The van der Waals surface area contributed by atoms with Crippen LogP contribution in [-0.2, 0) is 21.8 Å². The maximum Gasteiger partial charge on any atom is 0.422 e. The van der Waals surface area contributed by atoms with Crippen molar-refractivity contribution in [3.63, 3.8) is 0 Å². The normalized spacial score (nSPS) is 15.9. The van der Waals surface area contributed by atoms with E-state index in [2.05, 4.69) is 4.89 Å². The highest BCUT2D eigenvalue weighted by atomic mass is 19.4. The van der Waals surface area contributed by atoms with Gasteiger partial charge in [0.15, 0.2) is 5.75 Å². The number of hydrogen-bond acceptors (Lipinski definition) is 8. The van der Waals surface area contributed by atoms with E-state index in [-0.39, 0.29) is 53.6 Å². The number of hydrogen-bond donors (Lipinski definition) is 1. The number of nitrogens with zero attached hydrogens (tertiary/aromatic N) is 3. The van der Waals surface area contributed by atoms with Gasteiger partial charge in [0.1, 0.15) is 6.10 Å². The zero-order chi connectivity index (χ0) is 31.5. The summed E-state index contributed by atoms with van der Waals surface area (Å²) in [4.78, 5) is 33.1. The number of likely N-dealkylation sites (tertiary alicyclic amines) is 1. The number of carbonyl (C=O) groups excluding carboxylic acids is 1. The summed E-state index contributed by atoms with van der Waals surface area (Å²) in [6.45, 7) is 0.995. The average Bonchev–Trinajstić information content (AvgIpc) is 3.35. The lowest BCUT2D eigenvalue weighted by Crippen LogP contribution is -2.53. The molecule has 0 saturated carbocycles. The summed E-state index contributed by atoms with van der Waals surface area (Å²) in [6.07, 6.45) is -3.46. The van der Waals surface area contributed by atoms with Gasteiger partial charge in [-0.3, -0.25) is 24.8 Å². The monoisotopic (exact) mass is 613 g/mol. The molecule has 0 spiro atoms. The summed E-state index contributed by atoms with van der Waals surface area (Å²) in [5.41, 5.74) is -2.92. The number of piperidine rings is 1. The van der Waals surface area contributed by atoms with Gasteiger partial charge in [-0.2, -0.15) is 13.2 Å². The Morgan fingerprint density at radius 3 is 2.32 bits per heavy atom. The minimum atomic E-state index is -5.05. The second-order valence-corrected chi connectivity index (χ2v) is 10.7. The highest BCUT2D eigenvalue weighted by Crippen LogP contribution is 2.44. The van der Waals surface area contributed by atoms with Crippen molar-refractivity contribution in [2.75, 3.05) is 19.6 Å². The topological polar surface area (TPSA) is 116 Å². The number of halogens is 3. The van der Waals surface area contributed by atoms with Gasteiger partial charge in [-0.1, -0.05) is 42.5 Å². The highest BCUT2D eigenvalue weighted by Gasteiger charge is 2.57. The largest absolute Gasteiger partial charge is 0.486 e. The molecule has 1 aliphatic rings. The van der Waals surface area contributed by atoms with Crippen molar-refractivity contribution in [3.05, 3.63) is 100 Å². The van der Waals surface area contributed by atoms with E-state index in [1.54, 1.807) is 54.6 Å². The molecule has 10 nitrogen and oxygen atoms in total. The molecule has 0 bridgehead atoms. The molecular weight excluding hydrogens is 583 g/mol. The number of rotatable bonds is 10. The molecule has 44 heavy (non-hydrogen) atoms. The summed E-state index contributed by atoms with van der Waals surface area (Å²) < 4.78 is 51.9. The minimum Gasteiger partial charge on any atom is -0.486 e. The molecule has 232 valence electrons. The molecule has 13 heteroatoms. The predicted octanol–water partition coefficient (Wildman–Crippen LogP) is 5.75. The fourth-order valence-corrected chi connectivity index (χ4v) is 5.37. The predicted molar refractivity (Wildman–Crippen MR) is 153 cm³/mol. The van der Waals surface area contributed by atoms with Crippen LogP contribution in [0.1, 0.15) is 30.9 Å². The third-order valence-corrected chi connectivity index (χ3v) is 7.57. The zero-order valence-corrected chi connectivity index (χ0v) is 23.7. The van der Waals surface area contributed by atoms with Crippen LogP contribution in [0.25, 0.3) is 10.9 Å². The van der Waals surface area contributed by atoms with Gasteiger partial charge in [0.2, 0.25) is 11.4 Å². The first-order chi connectivity index (χ1) is 20.9. The van der Waals surface area contributed by atoms with E-state index >= 15 is 0 Å². The molecule has 0 radical (unpaired) electrons. The maximum atomic E-state index is 14.8. The van der Waals surface area contributed by atoms with Crippen molar-refractivity contribution in [2.24, 2.45) is 0 Å². The van der Waals surface area contributed by atoms with E-state index in [1.807, 2.05) is 0 Å². The molecule has 1 N–H and O–H groups in total. The maximum absolute atomic E-state index is 14.8. The quantitative estimate of drug-likeness (QED) is 0.137. The van der Waals surface area contributed by atoms with Crippen LogP contribution in [-0.4, -0.2) is 57.4 Å². The van der Waals surface area contributed by atoms with Gasteiger partial charge in [-0.05, 0) is 36.6 Å². The first kappa shape index (κ1) is 30.8. The van der Waals surface area contributed by atoms with Crippen LogP contribution in [0.3, 0.4) is 0 Å². The first-order valence-electron chi connectivity index (χ1n) is 13.9. The average molecular weight is 614 g/mol. The van der Waals surface area contributed by atoms with E-state index in [9.17, 15) is 33.2 Å². The lowest BCUT2D eigenvalue weighted by molar-refractivity contribution is -0.384. The fourth-order valence-electron chi connectivity index (χ4n) is 5.37. The Bertz CT molecular complexity index is 1640. The van der Waals surface area contributed by atoms with E-state index < -0.39 is 29.2 Å². The number of fused-ring (bicyclic) bond motifs is 1. The Kier molecular flexibility index (Phi) is 8.79. The van der Waals surface area contributed by atoms with Crippen molar-refractivity contribution in [1.82, 2.24) is 9.47 Å². The number of ether oxygens (including phenoxy) is 1. The highest BCUT2D eigenvalue weighted by molar-refractivity contribution is 5.87. The standard InChI is InChI=1S/C31H30F3N3O7/c1-21(38)43-44-29-10-6-5-9-28(29)42-24-13-15-35(16-14-24)20-30(39,31(32,33)34)26-19-36(18-22-7-3-2-4-8-22)27-17-23(37(40)41)11-12-25(26)27/h2-12,17,19,24,39H,13-16,18,20H2,1H3. The van der Waals surface area contributed by atoms with Crippen LogP contribution < -0.4 is 9.62 Å². The molecule has 0 amide bonds. The zero-order valence-electron chi connectivity index (χ0n) is 23.7. The molecule has 1 fully saturated rings. The van der Waals surface area contributed by atoms with Gasteiger partial charge in [0.05, 0.1) is 10.4 Å². The van der Waals surface area contributed by atoms with Gasteiger partial charge in [0.25, 0.3) is 5.69 Å². The Hall–Kier alpha value is -4.62. The Morgan fingerprint density at radius 1 is 1.02 bits per heavy atom. The van der Waals surface area contributed by atoms with Crippen molar-refractivity contribution in [3.8, 4) is 11.5 Å². The minimum absolute atomic E-state index is 0.0777. The van der Waals surface area contributed by atoms with E-state index in [0.29, 0.717) is 18.6 Å². The number of carbonyl (C=O) groups is 1. The van der Waals surface area contributed by atoms with E-state index in [0.717, 1.165) is 11.6 Å².